The van der Waals surface area contributed by atoms with E-state index in [2.05, 4.69) is 15.3 Å². The minimum atomic E-state index is -0.278. The van der Waals surface area contributed by atoms with Crippen LogP contribution in [0.5, 0.6) is 0 Å². The third-order valence-corrected chi connectivity index (χ3v) is 4.05. The Labute approximate surface area is 126 Å². The van der Waals surface area contributed by atoms with Crippen molar-refractivity contribution >= 4 is 29.2 Å². The summed E-state index contributed by atoms with van der Waals surface area (Å²) < 4.78 is 0. The maximum atomic E-state index is 11.4. The Morgan fingerprint density at radius 2 is 2.30 bits per heavy atom. The van der Waals surface area contributed by atoms with E-state index >= 15 is 0 Å². The number of rotatable bonds is 5. The number of hydrogen-bond donors (Lipinski definition) is 3. The van der Waals surface area contributed by atoms with Crippen LogP contribution in [-0.2, 0) is 6.54 Å². The van der Waals surface area contributed by atoms with Crippen molar-refractivity contribution in [3.8, 4) is 0 Å². The molecule has 2 rings (SSSR count). The molecule has 2 aromatic rings. The lowest BCUT2D eigenvalue weighted by atomic mass is 10.2. The first kappa shape index (κ1) is 14.9. The quantitative estimate of drug-likeness (QED) is 0.738. The van der Waals surface area contributed by atoms with E-state index in [-0.39, 0.29) is 11.4 Å². The molecule has 0 aliphatic rings. The van der Waals surface area contributed by atoms with E-state index in [4.69, 9.17) is 17.3 Å². The van der Waals surface area contributed by atoms with Crippen LogP contribution in [-0.4, -0.2) is 16.5 Å². The highest BCUT2D eigenvalue weighted by molar-refractivity contribution is 7.99. The molecule has 4 N–H and O–H groups in total. The maximum absolute atomic E-state index is 11.4. The van der Waals surface area contributed by atoms with E-state index in [0.29, 0.717) is 16.7 Å². The second kappa shape index (κ2) is 6.78. The molecule has 0 unspecified atom stereocenters. The van der Waals surface area contributed by atoms with E-state index < -0.39 is 0 Å². The second-order valence-corrected chi connectivity index (χ2v) is 5.49. The van der Waals surface area contributed by atoms with E-state index in [9.17, 15) is 4.79 Å². The molecule has 0 saturated carbocycles. The molecule has 0 spiro atoms. The zero-order valence-corrected chi connectivity index (χ0v) is 12.5. The highest BCUT2D eigenvalue weighted by Gasteiger charge is 2.10. The van der Waals surface area contributed by atoms with Crippen molar-refractivity contribution < 1.29 is 0 Å². The molecule has 7 heteroatoms. The Balaban J connectivity index is 2.34. The third-order valence-electron chi connectivity index (χ3n) is 2.55. The zero-order chi connectivity index (χ0) is 14.5. The van der Waals surface area contributed by atoms with Gasteiger partial charge in [0.15, 0.2) is 5.16 Å². The molecule has 106 valence electrons. The third kappa shape index (κ3) is 3.75. The van der Waals surface area contributed by atoms with Crippen molar-refractivity contribution in [3.63, 3.8) is 0 Å². The molecular formula is C13H15ClN4OS. The topological polar surface area (TPSA) is 83.8 Å². The number of hydrogen-bond acceptors (Lipinski definition) is 5. The number of nitrogen functional groups attached to an aromatic ring is 1. The van der Waals surface area contributed by atoms with Crippen LogP contribution in [0.2, 0.25) is 5.02 Å². The summed E-state index contributed by atoms with van der Waals surface area (Å²) in [6, 6.07) is 6.94. The molecule has 0 radical (unpaired) electrons. The molecule has 5 nitrogen and oxygen atoms in total. The lowest BCUT2D eigenvalue weighted by Crippen LogP contribution is -2.13. The number of nitrogens with one attached hydrogen (secondary N) is 2. The number of H-pyrrole nitrogens is 1. The first-order chi connectivity index (χ1) is 9.60. The highest BCUT2D eigenvalue weighted by atomic mass is 35.5. The summed E-state index contributed by atoms with van der Waals surface area (Å²) >= 11 is 7.54. The summed E-state index contributed by atoms with van der Waals surface area (Å²) in [5, 5.41) is 4.30. The molecule has 1 aromatic heterocycles. The monoisotopic (exact) mass is 310 g/mol. The van der Waals surface area contributed by atoms with Gasteiger partial charge in [0.25, 0.3) is 5.56 Å². The maximum Gasteiger partial charge on any atom is 0.253 e. The van der Waals surface area contributed by atoms with Crippen LogP contribution in [0.4, 0.5) is 5.82 Å². The molecule has 0 aliphatic heterocycles. The van der Waals surface area contributed by atoms with Gasteiger partial charge in [0.05, 0.1) is 5.02 Å². The van der Waals surface area contributed by atoms with Crippen LogP contribution in [0.3, 0.4) is 0 Å². The number of nitrogens with two attached hydrogens (primary N) is 1. The Bertz CT molecular complexity index is 659. The molecule has 0 fully saturated rings. The molecule has 0 atom stereocenters. The van der Waals surface area contributed by atoms with Crippen LogP contribution in [0.25, 0.3) is 0 Å². The van der Waals surface area contributed by atoms with Crippen LogP contribution >= 0.6 is 23.4 Å². The average Bonchev–Trinajstić information content (AvgIpc) is 2.38. The van der Waals surface area contributed by atoms with Crippen molar-refractivity contribution in [3.05, 3.63) is 45.2 Å². The molecule has 0 saturated heterocycles. The predicted molar refractivity (Wildman–Crippen MR) is 82.2 cm³/mol. The van der Waals surface area contributed by atoms with Gasteiger partial charge >= 0.3 is 0 Å². The minimum absolute atomic E-state index is 0.191. The normalized spacial score (nSPS) is 10.7. The van der Waals surface area contributed by atoms with Crippen LogP contribution in [0, 0.1) is 0 Å². The van der Waals surface area contributed by atoms with Gasteiger partial charge in [-0.3, -0.25) is 4.79 Å². The summed E-state index contributed by atoms with van der Waals surface area (Å²) in [6.07, 6.45) is 0. The van der Waals surface area contributed by atoms with Crippen molar-refractivity contribution in [1.82, 2.24) is 15.3 Å². The summed E-state index contributed by atoms with van der Waals surface area (Å²) in [6.45, 7) is 3.60. The number of anilines is 1. The fraction of sp³-hybridized carbons (Fsp3) is 0.231. The molecule has 0 bridgehead atoms. The Morgan fingerprint density at radius 3 is 3.00 bits per heavy atom. The van der Waals surface area contributed by atoms with Crippen molar-refractivity contribution in [1.29, 1.82) is 0 Å². The summed E-state index contributed by atoms with van der Waals surface area (Å²) in [7, 11) is 0. The van der Waals surface area contributed by atoms with E-state index in [1.165, 1.54) is 17.8 Å². The highest BCUT2D eigenvalue weighted by Crippen LogP contribution is 2.34. The first-order valence-electron chi connectivity index (χ1n) is 6.13. The van der Waals surface area contributed by atoms with Gasteiger partial charge in [-0.2, -0.15) is 0 Å². The summed E-state index contributed by atoms with van der Waals surface area (Å²) in [5.74, 6) is 0.191. The van der Waals surface area contributed by atoms with Crippen molar-refractivity contribution in [2.75, 3.05) is 12.3 Å². The molecule has 1 aromatic carbocycles. The minimum Gasteiger partial charge on any atom is -0.383 e. The fourth-order valence-corrected chi connectivity index (χ4v) is 2.91. The van der Waals surface area contributed by atoms with Gasteiger partial charge in [0, 0.05) is 17.5 Å². The largest absolute Gasteiger partial charge is 0.383 e. The van der Waals surface area contributed by atoms with Crippen molar-refractivity contribution in [2.24, 2.45) is 0 Å². The Morgan fingerprint density at radius 1 is 1.50 bits per heavy atom. The first-order valence-corrected chi connectivity index (χ1v) is 7.32. The molecule has 20 heavy (non-hydrogen) atoms. The van der Waals surface area contributed by atoms with Gasteiger partial charge in [-0.05, 0) is 29.9 Å². The molecule has 1 heterocycles. The number of benzene rings is 1. The number of halogens is 1. The lowest BCUT2D eigenvalue weighted by Gasteiger charge is -2.11. The average molecular weight is 311 g/mol. The fourth-order valence-electron chi connectivity index (χ4n) is 1.66. The van der Waals surface area contributed by atoms with Crippen LogP contribution < -0.4 is 16.6 Å². The van der Waals surface area contributed by atoms with E-state index in [0.717, 1.165) is 17.0 Å². The summed E-state index contributed by atoms with van der Waals surface area (Å²) in [5.41, 5.74) is 6.35. The van der Waals surface area contributed by atoms with Gasteiger partial charge in [0.2, 0.25) is 0 Å². The second-order valence-electron chi connectivity index (χ2n) is 4.09. The molecular weight excluding hydrogens is 296 g/mol. The SMILES string of the molecule is CCNCc1cccc(Cl)c1Sc1nc(N)cc(=O)[nH]1. The van der Waals surface area contributed by atoms with Gasteiger partial charge in [0.1, 0.15) is 5.82 Å². The zero-order valence-electron chi connectivity index (χ0n) is 10.9. The lowest BCUT2D eigenvalue weighted by molar-refractivity contribution is 0.718. The van der Waals surface area contributed by atoms with Gasteiger partial charge in [-0.1, -0.05) is 30.7 Å². The van der Waals surface area contributed by atoms with Crippen LogP contribution in [0.15, 0.2) is 39.1 Å². The van der Waals surface area contributed by atoms with E-state index in [1.54, 1.807) is 0 Å². The molecule has 0 aliphatic carbocycles. The smallest absolute Gasteiger partial charge is 0.253 e. The van der Waals surface area contributed by atoms with Crippen molar-refractivity contribution in [2.45, 2.75) is 23.5 Å². The predicted octanol–water partition coefficient (Wildman–Crippen LogP) is 2.27. The number of aromatic amines is 1. The number of aromatic nitrogens is 2. The van der Waals surface area contributed by atoms with Gasteiger partial charge < -0.3 is 16.0 Å². The Kier molecular flexibility index (Phi) is 5.05. The Hall–Kier alpha value is -1.50. The van der Waals surface area contributed by atoms with Crippen LogP contribution in [0.1, 0.15) is 12.5 Å². The van der Waals surface area contributed by atoms with E-state index in [1.807, 2.05) is 25.1 Å². The van der Waals surface area contributed by atoms with Gasteiger partial charge in [-0.25, -0.2) is 4.98 Å². The molecule has 0 amide bonds. The summed E-state index contributed by atoms with van der Waals surface area (Å²) in [4.78, 5) is 19.0. The number of nitrogens with zero attached hydrogens (tertiary/aromatic N) is 1. The standard InChI is InChI=1S/C13H15ClN4OS/c1-2-16-7-8-4-3-5-9(14)12(8)20-13-17-10(15)6-11(19)18-13/h3-6,16H,2,7H2,1H3,(H3,15,17,18,19). The van der Waals surface area contributed by atoms with Gasteiger partial charge in [-0.15, -0.1) is 0 Å².